The number of anilines is 1. The predicted molar refractivity (Wildman–Crippen MR) is 116 cm³/mol. The van der Waals surface area contributed by atoms with Gasteiger partial charge in [-0.1, -0.05) is 41.4 Å². The van der Waals surface area contributed by atoms with Gasteiger partial charge in [0, 0.05) is 12.1 Å². The summed E-state index contributed by atoms with van der Waals surface area (Å²) in [6.45, 7) is -0.200. The van der Waals surface area contributed by atoms with Crippen molar-refractivity contribution in [2.24, 2.45) is 0 Å². The van der Waals surface area contributed by atoms with Crippen LogP contribution in [0, 0.1) is 10.1 Å². The molecular formula is C22H12Cl2N2O6. The maximum absolute atomic E-state index is 12.9. The lowest BCUT2D eigenvalue weighted by Crippen LogP contribution is -2.29. The van der Waals surface area contributed by atoms with Gasteiger partial charge in [-0.25, -0.2) is 9.69 Å². The zero-order valence-corrected chi connectivity index (χ0v) is 17.6. The van der Waals surface area contributed by atoms with Gasteiger partial charge in [-0.3, -0.25) is 19.7 Å². The SMILES string of the molecule is O=C(OCc1cccc([N+](=O)[O-])c1)c1ccc2c(c1)C(=O)N(c1cccc(Cl)c1Cl)C2=O. The van der Waals surface area contributed by atoms with Crippen LogP contribution >= 0.6 is 23.2 Å². The fraction of sp³-hybridized carbons (Fsp3) is 0.0455. The maximum atomic E-state index is 12.9. The van der Waals surface area contributed by atoms with Crippen LogP contribution in [0.15, 0.2) is 60.7 Å². The van der Waals surface area contributed by atoms with Crippen LogP contribution in [0.4, 0.5) is 11.4 Å². The van der Waals surface area contributed by atoms with Gasteiger partial charge < -0.3 is 4.74 Å². The minimum Gasteiger partial charge on any atom is -0.457 e. The number of benzene rings is 3. The van der Waals surface area contributed by atoms with Crippen molar-refractivity contribution in [1.29, 1.82) is 0 Å². The summed E-state index contributed by atoms with van der Waals surface area (Å²) < 4.78 is 5.21. The van der Waals surface area contributed by atoms with E-state index in [0.717, 1.165) is 4.90 Å². The number of hydrogen-bond donors (Lipinski definition) is 0. The summed E-state index contributed by atoms with van der Waals surface area (Å²) in [4.78, 5) is 49.4. The summed E-state index contributed by atoms with van der Waals surface area (Å²) in [5.74, 6) is -1.99. The van der Waals surface area contributed by atoms with Crippen LogP contribution in [0.25, 0.3) is 0 Å². The largest absolute Gasteiger partial charge is 0.457 e. The third-order valence-electron chi connectivity index (χ3n) is 4.79. The number of nitro groups is 1. The van der Waals surface area contributed by atoms with Crippen molar-refractivity contribution in [3.8, 4) is 0 Å². The average molecular weight is 471 g/mol. The lowest BCUT2D eigenvalue weighted by molar-refractivity contribution is -0.384. The molecule has 0 aromatic heterocycles. The molecule has 1 heterocycles. The van der Waals surface area contributed by atoms with Crippen LogP contribution in [0.5, 0.6) is 0 Å². The van der Waals surface area contributed by atoms with Gasteiger partial charge in [0.2, 0.25) is 0 Å². The molecule has 0 fully saturated rings. The van der Waals surface area contributed by atoms with E-state index in [1.54, 1.807) is 12.1 Å². The van der Waals surface area contributed by atoms with Gasteiger partial charge in [0.15, 0.2) is 0 Å². The molecule has 4 rings (SSSR count). The third kappa shape index (κ3) is 3.81. The summed E-state index contributed by atoms with van der Waals surface area (Å²) in [6, 6.07) is 14.3. The molecule has 0 N–H and O–H groups in total. The molecule has 3 aromatic rings. The average Bonchev–Trinajstić information content (AvgIpc) is 3.03. The van der Waals surface area contributed by atoms with Gasteiger partial charge in [0.05, 0.1) is 37.3 Å². The Morgan fingerprint density at radius 1 is 0.969 bits per heavy atom. The Bertz CT molecular complexity index is 1310. The fourth-order valence-corrected chi connectivity index (χ4v) is 3.62. The highest BCUT2D eigenvalue weighted by Crippen LogP contribution is 2.37. The molecule has 0 spiro atoms. The number of amides is 2. The summed E-state index contributed by atoms with van der Waals surface area (Å²) >= 11 is 12.2. The third-order valence-corrected chi connectivity index (χ3v) is 5.59. The number of halogens is 2. The molecule has 0 saturated heterocycles. The van der Waals surface area contributed by atoms with Crippen molar-refractivity contribution in [2.75, 3.05) is 4.90 Å². The molecule has 0 saturated carbocycles. The zero-order valence-electron chi connectivity index (χ0n) is 16.1. The number of hydrogen-bond acceptors (Lipinski definition) is 6. The van der Waals surface area contributed by atoms with E-state index in [0.29, 0.717) is 5.56 Å². The topological polar surface area (TPSA) is 107 Å². The summed E-state index contributed by atoms with van der Waals surface area (Å²) in [5.41, 5.74) is 0.633. The molecule has 0 radical (unpaired) electrons. The van der Waals surface area contributed by atoms with Crippen molar-refractivity contribution in [3.05, 3.63) is 103 Å². The van der Waals surface area contributed by atoms with E-state index >= 15 is 0 Å². The number of esters is 1. The first-order valence-electron chi connectivity index (χ1n) is 9.15. The van der Waals surface area contributed by atoms with Crippen LogP contribution < -0.4 is 4.90 Å². The highest BCUT2D eigenvalue weighted by atomic mass is 35.5. The van der Waals surface area contributed by atoms with Gasteiger partial charge in [-0.2, -0.15) is 0 Å². The fourth-order valence-electron chi connectivity index (χ4n) is 3.24. The second kappa shape index (κ2) is 8.41. The number of nitrogens with zero attached hydrogens (tertiary/aromatic N) is 2. The Morgan fingerprint density at radius 3 is 2.44 bits per heavy atom. The minimum absolute atomic E-state index is 0.0239. The number of nitro benzene ring substituents is 1. The first kappa shape index (κ1) is 21.5. The van der Waals surface area contributed by atoms with Gasteiger partial charge >= 0.3 is 5.97 Å². The Morgan fingerprint density at radius 2 is 1.69 bits per heavy atom. The molecule has 0 unspecified atom stereocenters. The smallest absolute Gasteiger partial charge is 0.338 e. The summed E-state index contributed by atoms with van der Waals surface area (Å²) in [5, 5.41) is 11.1. The first-order valence-corrected chi connectivity index (χ1v) is 9.91. The van der Waals surface area contributed by atoms with Gasteiger partial charge in [0.25, 0.3) is 17.5 Å². The number of non-ortho nitro benzene ring substituents is 1. The molecule has 1 aliphatic heterocycles. The number of imide groups is 1. The van der Waals surface area contributed by atoms with Crippen molar-refractivity contribution in [3.63, 3.8) is 0 Å². The van der Waals surface area contributed by atoms with Crippen LogP contribution in [0.3, 0.4) is 0 Å². The molecule has 160 valence electrons. The Labute approximate surface area is 191 Å². The standard InChI is InChI=1S/C22H12Cl2N2O6/c23-17-5-2-6-18(19(17)24)25-20(27)15-8-7-13(10-16(15)21(25)28)22(29)32-11-12-3-1-4-14(9-12)26(30)31/h1-10H,11H2. The summed E-state index contributed by atoms with van der Waals surface area (Å²) in [7, 11) is 0. The normalized spacial score (nSPS) is 12.6. The van der Waals surface area contributed by atoms with Crippen molar-refractivity contribution < 1.29 is 24.0 Å². The second-order valence-corrected chi connectivity index (χ2v) is 7.57. The molecule has 0 aliphatic carbocycles. The van der Waals surface area contributed by atoms with E-state index in [2.05, 4.69) is 0 Å². The molecule has 3 aromatic carbocycles. The Hall–Kier alpha value is -3.75. The van der Waals surface area contributed by atoms with Gasteiger partial charge in [0.1, 0.15) is 6.61 Å². The number of carbonyl (C=O) groups excluding carboxylic acids is 3. The second-order valence-electron chi connectivity index (χ2n) is 6.78. The zero-order chi connectivity index (χ0) is 23.0. The Kier molecular flexibility index (Phi) is 5.65. The number of fused-ring (bicyclic) bond motifs is 1. The highest BCUT2D eigenvalue weighted by Gasteiger charge is 2.38. The minimum atomic E-state index is -0.751. The van der Waals surface area contributed by atoms with Crippen LogP contribution in [0.2, 0.25) is 10.0 Å². The highest BCUT2D eigenvalue weighted by molar-refractivity contribution is 6.46. The van der Waals surface area contributed by atoms with Crippen LogP contribution in [0.1, 0.15) is 36.6 Å². The predicted octanol–water partition coefficient (Wildman–Crippen LogP) is 5.06. The van der Waals surface area contributed by atoms with E-state index in [1.165, 1.54) is 48.5 Å². The summed E-state index contributed by atoms with van der Waals surface area (Å²) in [6.07, 6.45) is 0. The Balaban J connectivity index is 1.56. The number of carbonyl (C=O) groups is 3. The molecule has 1 aliphatic rings. The van der Waals surface area contributed by atoms with E-state index in [4.69, 9.17) is 27.9 Å². The number of rotatable bonds is 5. The first-order chi connectivity index (χ1) is 15.3. The van der Waals surface area contributed by atoms with Crippen molar-refractivity contribution in [1.82, 2.24) is 0 Å². The molecular weight excluding hydrogens is 459 g/mol. The molecule has 0 atom stereocenters. The molecule has 8 nitrogen and oxygen atoms in total. The quantitative estimate of drug-likeness (QED) is 0.223. The van der Waals surface area contributed by atoms with E-state index < -0.39 is 22.7 Å². The van der Waals surface area contributed by atoms with Crippen molar-refractivity contribution in [2.45, 2.75) is 6.61 Å². The number of ether oxygens (including phenoxy) is 1. The molecule has 2 amide bonds. The monoisotopic (exact) mass is 470 g/mol. The van der Waals surface area contributed by atoms with Gasteiger partial charge in [-0.05, 0) is 35.9 Å². The molecule has 10 heteroatoms. The molecule has 32 heavy (non-hydrogen) atoms. The van der Waals surface area contributed by atoms with E-state index in [1.807, 2.05) is 0 Å². The van der Waals surface area contributed by atoms with Crippen LogP contribution in [-0.2, 0) is 11.3 Å². The molecule has 0 bridgehead atoms. The van der Waals surface area contributed by atoms with Crippen molar-refractivity contribution >= 4 is 52.4 Å². The van der Waals surface area contributed by atoms with E-state index in [9.17, 15) is 24.5 Å². The lowest BCUT2D eigenvalue weighted by atomic mass is 10.1. The maximum Gasteiger partial charge on any atom is 0.338 e. The van der Waals surface area contributed by atoms with Gasteiger partial charge in [-0.15, -0.1) is 0 Å². The lowest BCUT2D eigenvalue weighted by Gasteiger charge is -2.15. The van der Waals surface area contributed by atoms with E-state index in [-0.39, 0.29) is 44.7 Å². The van der Waals surface area contributed by atoms with Crippen LogP contribution in [-0.4, -0.2) is 22.7 Å².